The van der Waals surface area contributed by atoms with Gasteiger partial charge in [0.05, 0.1) is 0 Å². The predicted octanol–water partition coefficient (Wildman–Crippen LogP) is 1.17. The highest BCUT2D eigenvalue weighted by Gasteiger charge is 2.26. The first kappa shape index (κ1) is 9.81. The Morgan fingerprint density at radius 2 is 2.23 bits per heavy atom. The van der Waals surface area contributed by atoms with Crippen LogP contribution in [0.25, 0.3) is 0 Å². The number of nitrogens with one attached hydrogen (secondary N) is 1. The van der Waals surface area contributed by atoms with Gasteiger partial charge in [0, 0.05) is 29.6 Å². The van der Waals surface area contributed by atoms with Gasteiger partial charge in [-0.15, -0.1) is 0 Å². The second-order valence-corrected chi connectivity index (χ2v) is 5.96. The summed E-state index contributed by atoms with van der Waals surface area (Å²) in [5.41, 5.74) is 0. The summed E-state index contributed by atoms with van der Waals surface area (Å²) in [6.07, 6.45) is 2.71. The number of hydrogen-bond acceptors (Lipinski definition) is 3. The van der Waals surface area contributed by atoms with E-state index in [1.165, 1.54) is 31.7 Å². The van der Waals surface area contributed by atoms with Crippen molar-refractivity contribution in [1.29, 1.82) is 0 Å². The topological polar surface area (TPSA) is 15.3 Å². The summed E-state index contributed by atoms with van der Waals surface area (Å²) in [7, 11) is 2.22. The molecule has 0 aromatic heterocycles. The first-order valence-electron chi connectivity index (χ1n) is 5.30. The van der Waals surface area contributed by atoms with Gasteiger partial charge < -0.3 is 10.2 Å². The molecule has 2 aliphatic rings. The molecule has 0 aliphatic carbocycles. The van der Waals surface area contributed by atoms with Crippen LogP contribution in [0.3, 0.4) is 0 Å². The van der Waals surface area contributed by atoms with Crippen molar-refractivity contribution < 1.29 is 0 Å². The third-order valence-corrected chi connectivity index (χ3v) is 4.42. The molecule has 2 nitrogen and oxygen atoms in total. The van der Waals surface area contributed by atoms with E-state index >= 15 is 0 Å². The van der Waals surface area contributed by atoms with E-state index in [4.69, 9.17) is 0 Å². The Balaban J connectivity index is 1.72. The van der Waals surface area contributed by atoms with Gasteiger partial charge in [0.25, 0.3) is 0 Å². The van der Waals surface area contributed by atoms with Crippen LogP contribution in [-0.4, -0.2) is 48.1 Å². The number of rotatable bonds is 2. The van der Waals surface area contributed by atoms with Gasteiger partial charge in [0.2, 0.25) is 0 Å². The quantitative estimate of drug-likeness (QED) is 0.720. The summed E-state index contributed by atoms with van der Waals surface area (Å²) >= 11 is 2.11. The Morgan fingerprint density at radius 3 is 2.77 bits per heavy atom. The highest BCUT2D eigenvalue weighted by molar-refractivity contribution is 8.00. The van der Waals surface area contributed by atoms with E-state index in [1.54, 1.807) is 0 Å². The second kappa shape index (κ2) is 4.20. The zero-order valence-corrected chi connectivity index (χ0v) is 9.44. The Kier molecular flexibility index (Phi) is 3.17. The Labute approximate surface area is 85.4 Å². The molecule has 2 aliphatic heterocycles. The summed E-state index contributed by atoms with van der Waals surface area (Å²) in [6.45, 7) is 4.86. The molecule has 0 aromatic carbocycles. The molecule has 2 rings (SSSR count). The monoisotopic (exact) mass is 200 g/mol. The van der Waals surface area contributed by atoms with Crippen molar-refractivity contribution in [3.05, 3.63) is 0 Å². The fraction of sp³-hybridized carbons (Fsp3) is 1.00. The van der Waals surface area contributed by atoms with Crippen LogP contribution in [0.5, 0.6) is 0 Å². The smallest absolute Gasteiger partial charge is 0.0209 e. The van der Waals surface area contributed by atoms with E-state index in [-0.39, 0.29) is 0 Å². The lowest BCUT2D eigenvalue weighted by atomic mass is 10.1. The molecule has 3 unspecified atom stereocenters. The van der Waals surface area contributed by atoms with Crippen LogP contribution in [0.1, 0.15) is 19.8 Å². The van der Waals surface area contributed by atoms with E-state index in [0.717, 1.165) is 17.3 Å². The fourth-order valence-electron chi connectivity index (χ4n) is 2.34. The molecule has 3 heteroatoms. The van der Waals surface area contributed by atoms with Crippen molar-refractivity contribution in [2.45, 2.75) is 37.1 Å². The van der Waals surface area contributed by atoms with Crippen molar-refractivity contribution in [1.82, 2.24) is 10.2 Å². The molecule has 3 atom stereocenters. The zero-order chi connectivity index (χ0) is 9.26. The fourth-order valence-corrected chi connectivity index (χ4v) is 3.50. The molecule has 0 spiro atoms. The Bertz CT molecular complexity index is 156. The lowest BCUT2D eigenvalue weighted by Gasteiger charge is -2.17. The number of nitrogens with zero attached hydrogens (tertiary/aromatic N) is 1. The number of hydrogen-bond donors (Lipinski definition) is 1. The Morgan fingerprint density at radius 1 is 1.38 bits per heavy atom. The summed E-state index contributed by atoms with van der Waals surface area (Å²) < 4.78 is 0. The SMILES string of the molecule is CC1CC(NC2CCN(C)C2)CS1. The normalized spacial score (nSPS) is 41.5. The molecule has 13 heavy (non-hydrogen) atoms. The second-order valence-electron chi connectivity index (χ2n) is 4.49. The lowest BCUT2D eigenvalue weighted by Crippen LogP contribution is -2.39. The van der Waals surface area contributed by atoms with Gasteiger partial charge in [-0.3, -0.25) is 0 Å². The van der Waals surface area contributed by atoms with Gasteiger partial charge >= 0.3 is 0 Å². The molecule has 2 saturated heterocycles. The van der Waals surface area contributed by atoms with E-state index in [9.17, 15) is 0 Å². The van der Waals surface area contributed by atoms with Crippen molar-refractivity contribution in [2.75, 3.05) is 25.9 Å². The summed E-state index contributed by atoms with van der Waals surface area (Å²) in [5.74, 6) is 1.32. The summed E-state index contributed by atoms with van der Waals surface area (Å²) in [5, 5.41) is 4.65. The predicted molar refractivity (Wildman–Crippen MR) is 59.4 cm³/mol. The van der Waals surface area contributed by atoms with Gasteiger partial charge in [0.1, 0.15) is 0 Å². The van der Waals surface area contributed by atoms with E-state index in [2.05, 4.69) is 35.9 Å². The number of thioether (sulfide) groups is 1. The van der Waals surface area contributed by atoms with Gasteiger partial charge in [-0.1, -0.05) is 6.92 Å². The first-order valence-corrected chi connectivity index (χ1v) is 6.35. The van der Waals surface area contributed by atoms with Gasteiger partial charge in [-0.05, 0) is 26.4 Å². The van der Waals surface area contributed by atoms with Gasteiger partial charge in [0.15, 0.2) is 0 Å². The number of likely N-dealkylation sites (N-methyl/N-ethyl adjacent to an activating group) is 1. The standard InChI is InChI=1S/C10H20N2S/c1-8-5-10(7-13-8)11-9-3-4-12(2)6-9/h8-11H,3-7H2,1-2H3. The van der Waals surface area contributed by atoms with Gasteiger partial charge in [-0.2, -0.15) is 11.8 Å². The molecule has 0 amide bonds. The highest BCUT2D eigenvalue weighted by atomic mass is 32.2. The molecule has 1 N–H and O–H groups in total. The third kappa shape index (κ3) is 2.61. The van der Waals surface area contributed by atoms with Crippen LogP contribution in [0, 0.1) is 0 Å². The highest BCUT2D eigenvalue weighted by Crippen LogP contribution is 2.26. The van der Waals surface area contributed by atoms with E-state index in [0.29, 0.717) is 0 Å². The van der Waals surface area contributed by atoms with Crippen LogP contribution in [0.15, 0.2) is 0 Å². The summed E-state index contributed by atoms with van der Waals surface area (Å²) in [6, 6.07) is 1.55. The van der Waals surface area contributed by atoms with Gasteiger partial charge in [-0.25, -0.2) is 0 Å². The van der Waals surface area contributed by atoms with Crippen LogP contribution in [-0.2, 0) is 0 Å². The molecule has 0 aromatic rings. The van der Waals surface area contributed by atoms with Crippen molar-refractivity contribution in [2.24, 2.45) is 0 Å². The minimum atomic E-state index is 0.765. The number of likely N-dealkylation sites (tertiary alicyclic amines) is 1. The minimum absolute atomic E-state index is 0.765. The van der Waals surface area contributed by atoms with Crippen LogP contribution >= 0.6 is 11.8 Å². The minimum Gasteiger partial charge on any atom is -0.309 e. The third-order valence-electron chi connectivity index (χ3n) is 3.06. The maximum atomic E-state index is 3.78. The molecule has 76 valence electrons. The maximum absolute atomic E-state index is 3.78. The molecule has 0 bridgehead atoms. The van der Waals surface area contributed by atoms with Crippen molar-refractivity contribution >= 4 is 11.8 Å². The molecule has 0 saturated carbocycles. The Hall–Kier alpha value is 0.270. The average Bonchev–Trinajstić information content (AvgIpc) is 2.62. The molecule has 2 fully saturated rings. The first-order chi connectivity index (χ1) is 6.24. The molecular formula is C10H20N2S. The van der Waals surface area contributed by atoms with E-state index in [1.807, 2.05) is 0 Å². The molecule has 0 radical (unpaired) electrons. The molecular weight excluding hydrogens is 180 g/mol. The maximum Gasteiger partial charge on any atom is 0.0209 e. The van der Waals surface area contributed by atoms with Crippen LogP contribution < -0.4 is 5.32 Å². The lowest BCUT2D eigenvalue weighted by molar-refractivity contribution is 0.384. The van der Waals surface area contributed by atoms with E-state index < -0.39 is 0 Å². The molecule has 2 heterocycles. The van der Waals surface area contributed by atoms with Crippen molar-refractivity contribution in [3.63, 3.8) is 0 Å². The average molecular weight is 200 g/mol. The zero-order valence-electron chi connectivity index (χ0n) is 8.62. The largest absolute Gasteiger partial charge is 0.309 e. The van der Waals surface area contributed by atoms with Crippen LogP contribution in [0.2, 0.25) is 0 Å². The van der Waals surface area contributed by atoms with Crippen LogP contribution in [0.4, 0.5) is 0 Å². The summed E-state index contributed by atoms with van der Waals surface area (Å²) in [4.78, 5) is 2.42. The van der Waals surface area contributed by atoms with Crippen molar-refractivity contribution in [3.8, 4) is 0 Å².